The summed E-state index contributed by atoms with van der Waals surface area (Å²) in [6.45, 7) is -0.126. The molecule has 5 nitrogen and oxygen atoms in total. The summed E-state index contributed by atoms with van der Waals surface area (Å²) in [5.74, 6) is 0.192. The topological polar surface area (TPSA) is 75.6 Å². The first kappa shape index (κ1) is 16.3. The highest BCUT2D eigenvalue weighted by atomic mass is 35.5. The van der Waals surface area contributed by atoms with Crippen LogP contribution in [0.1, 0.15) is 11.0 Å². The first-order valence-corrected chi connectivity index (χ1v) is 8.73. The van der Waals surface area contributed by atoms with Crippen LogP contribution in [-0.2, 0) is 10.0 Å². The van der Waals surface area contributed by atoms with E-state index in [9.17, 15) is 13.5 Å². The van der Waals surface area contributed by atoms with E-state index >= 15 is 0 Å². The Balaban J connectivity index is 2.17. The Labute approximate surface area is 132 Å². The van der Waals surface area contributed by atoms with Crippen LogP contribution in [0.25, 0.3) is 0 Å². The SMILES string of the molecule is COc1ccc(Cl)cc1S(=O)(=O)NC[C@H](O)c1cccs1. The predicted octanol–water partition coefficient (Wildman–Crippen LogP) is 2.42. The molecule has 114 valence electrons. The number of nitrogens with one attached hydrogen (secondary N) is 1. The first-order chi connectivity index (χ1) is 9.94. The molecule has 0 unspecified atom stereocenters. The average Bonchev–Trinajstić information content (AvgIpc) is 2.99. The monoisotopic (exact) mass is 347 g/mol. The molecule has 1 aromatic heterocycles. The summed E-state index contributed by atoms with van der Waals surface area (Å²) in [6.07, 6.45) is -0.898. The number of aliphatic hydroxyl groups is 1. The zero-order valence-corrected chi connectivity index (χ0v) is 13.5. The maximum atomic E-state index is 12.3. The first-order valence-electron chi connectivity index (χ1n) is 5.98. The largest absolute Gasteiger partial charge is 0.495 e. The molecule has 0 saturated carbocycles. The molecule has 1 heterocycles. The van der Waals surface area contributed by atoms with Crippen LogP contribution < -0.4 is 9.46 Å². The molecule has 21 heavy (non-hydrogen) atoms. The number of methoxy groups -OCH3 is 1. The summed E-state index contributed by atoms with van der Waals surface area (Å²) < 4.78 is 31.9. The molecule has 0 bridgehead atoms. The van der Waals surface area contributed by atoms with Gasteiger partial charge in [-0.15, -0.1) is 11.3 Å². The molecule has 2 rings (SSSR count). The molecule has 0 aliphatic carbocycles. The van der Waals surface area contributed by atoms with Gasteiger partial charge in [0.1, 0.15) is 16.7 Å². The molecule has 2 aromatic rings. The number of halogens is 1. The van der Waals surface area contributed by atoms with Crippen LogP contribution >= 0.6 is 22.9 Å². The Morgan fingerprint density at radius 2 is 2.19 bits per heavy atom. The van der Waals surface area contributed by atoms with E-state index in [1.807, 2.05) is 5.38 Å². The van der Waals surface area contributed by atoms with E-state index in [0.717, 1.165) is 0 Å². The standard InChI is InChI=1S/C13H14ClNO4S2/c1-19-11-5-4-9(14)7-13(11)21(17,18)15-8-10(16)12-3-2-6-20-12/h2-7,10,15-16H,8H2,1H3/t10-/m0/s1. The Hall–Kier alpha value is -1.12. The highest BCUT2D eigenvalue weighted by molar-refractivity contribution is 7.89. The van der Waals surface area contributed by atoms with Crippen LogP contribution in [0, 0.1) is 0 Å². The molecule has 1 atom stereocenters. The summed E-state index contributed by atoms with van der Waals surface area (Å²) in [7, 11) is -2.45. The molecule has 0 fully saturated rings. The van der Waals surface area contributed by atoms with Gasteiger partial charge >= 0.3 is 0 Å². The summed E-state index contributed by atoms with van der Waals surface area (Å²) in [5, 5.41) is 12.0. The minimum atomic E-state index is -3.83. The van der Waals surface area contributed by atoms with Crippen LogP contribution in [0.4, 0.5) is 0 Å². The fraction of sp³-hybridized carbons (Fsp3) is 0.231. The van der Waals surface area contributed by atoms with E-state index in [-0.39, 0.29) is 22.2 Å². The number of hydrogen-bond donors (Lipinski definition) is 2. The third-order valence-electron chi connectivity index (χ3n) is 2.75. The third-order valence-corrected chi connectivity index (χ3v) is 5.41. The molecular formula is C13H14ClNO4S2. The van der Waals surface area contributed by atoms with E-state index in [4.69, 9.17) is 16.3 Å². The summed E-state index contributed by atoms with van der Waals surface area (Å²) in [5.41, 5.74) is 0. The molecule has 0 spiro atoms. The third kappa shape index (κ3) is 3.96. The maximum Gasteiger partial charge on any atom is 0.244 e. The summed E-state index contributed by atoms with van der Waals surface area (Å²) in [6, 6.07) is 7.86. The van der Waals surface area contributed by atoms with Crippen LogP contribution in [-0.4, -0.2) is 27.2 Å². The Morgan fingerprint density at radius 3 is 2.81 bits per heavy atom. The second-order valence-corrected chi connectivity index (χ2v) is 7.33. The lowest BCUT2D eigenvalue weighted by atomic mass is 10.3. The van der Waals surface area contributed by atoms with Crippen LogP contribution in [0.3, 0.4) is 0 Å². The minimum Gasteiger partial charge on any atom is -0.495 e. The van der Waals surface area contributed by atoms with Crippen LogP contribution in [0.5, 0.6) is 5.75 Å². The van der Waals surface area contributed by atoms with Gasteiger partial charge in [0.2, 0.25) is 10.0 Å². The van der Waals surface area contributed by atoms with Crippen molar-refractivity contribution in [2.24, 2.45) is 0 Å². The fourth-order valence-corrected chi connectivity index (χ4v) is 3.89. The van der Waals surface area contributed by atoms with Crippen LogP contribution in [0.15, 0.2) is 40.6 Å². The molecule has 2 N–H and O–H groups in total. The van der Waals surface area contributed by atoms with Gasteiger partial charge in [-0.05, 0) is 29.6 Å². The minimum absolute atomic E-state index is 0.0594. The van der Waals surface area contributed by atoms with Gasteiger partial charge in [0.25, 0.3) is 0 Å². The Kier molecular flexibility index (Phi) is 5.23. The maximum absolute atomic E-state index is 12.3. The zero-order chi connectivity index (χ0) is 15.5. The van der Waals surface area contributed by atoms with E-state index < -0.39 is 16.1 Å². The van der Waals surface area contributed by atoms with Crippen molar-refractivity contribution >= 4 is 33.0 Å². The van der Waals surface area contributed by atoms with Crippen LogP contribution in [0.2, 0.25) is 5.02 Å². The molecule has 0 saturated heterocycles. The molecule has 0 aliphatic heterocycles. The number of rotatable bonds is 6. The van der Waals surface area contributed by atoms with Crippen molar-refractivity contribution in [2.45, 2.75) is 11.0 Å². The molecule has 1 aromatic carbocycles. The predicted molar refractivity (Wildman–Crippen MR) is 82.5 cm³/mol. The van der Waals surface area contributed by atoms with Crippen molar-refractivity contribution in [3.63, 3.8) is 0 Å². The summed E-state index contributed by atoms with van der Waals surface area (Å²) >= 11 is 7.19. The van der Waals surface area contributed by atoms with E-state index in [1.165, 1.54) is 30.6 Å². The van der Waals surface area contributed by atoms with Crippen molar-refractivity contribution in [1.29, 1.82) is 0 Å². The van der Waals surface area contributed by atoms with E-state index in [0.29, 0.717) is 4.88 Å². The molecule has 8 heteroatoms. The Bertz CT molecular complexity index is 701. The molecule has 0 radical (unpaired) electrons. The average molecular weight is 348 g/mol. The highest BCUT2D eigenvalue weighted by Crippen LogP contribution is 2.27. The fourth-order valence-electron chi connectivity index (χ4n) is 1.71. The van der Waals surface area contributed by atoms with Crippen molar-refractivity contribution in [1.82, 2.24) is 4.72 Å². The van der Waals surface area contributed by atoms with Gasteiger partial charge in [-0.1, -0.05) is 17.7 Å². The normalized spacial score (nSPS) is 13.1. The molecule has 0 amide bonds. The Morgan fingerprint density at radius 1 is 1.43 bits per heavy atom. The van der Waals surface area contributed by atoms with Crippen molar-refractivity contribution < 1.29 is 18.3 Å². The van der Waals surface area contributed by atoms with Gasteiger partial charge < -0.3 is 9.84 Å². The second-order valence-electron chi connectivity index (χ2n) is 4.18. The summed E-state index contributed by atoms with van der Waals surface area (Å²) in [4.78, 5) is 0.631. The van der Waals surface area contributed by atoms with Crippen molar-refractivity contribution in [3.8, 4) is 5.75 Å². The number of thiophene rings is 1. The number of aliphatic hydroxyl groups excluding tert-OH is 1. The second kappa shape index (κ2) is 6.76. The van der Waals surface area contributed by atoms with Gasteiger partial charge in [-0.3, -0.25) is 0 Å². The number of hydrogen-bond acceptors (Lipinski definition) is 5. The van der Waals surface area contributed by atoms with Crippen molar-refractivity contribution in [3.05, 3.63) is 45.6 Å². The number of sulfonamides is 1. The van der Waals surface area contributed by atoms with Gasteiger partial charge in [0.15, 0.2) is 0 Å². The highest BCUT2D eigenvalue weighted by Gasteiger charge is 2.21. The lowest BCUT2D eigenvalue weighted by Crippen LogP contribution is -2.28. The number of ether oxygens (including phenoxy) is 1. The van der Waals surface area contributed by atoms with Gasteiger partial charge in [-0.25, -0.2) is 13.1 Å². The van der Waals surface area contributed by atoms with Gasteiger partial charge in [-0.2, -0.15) is 0 Å². The lowest BCUT2D eigenvalue weighted by molar-refractivity contribution is 0.185. The zero-order valence-electron chi connectivity index (χ0n) is 11.1. The lowest BCUT2D eigenvalue weighted by Gasteiger charge is -2.13. The quantitative estimate of drug-likeness (QED) is 0.841. The molecular weight excluding hydrogens is 334 g/mol. The molecule has 0 aliphatic rings. The van der Waals surface area contributed by atoms with Gasteiger partial charge in [0, 0.05) is 16.4 Å². The van der Waals surface area contributed by atoms with E-state index in [1.54, 1.807) is 18.2 Å². The van der Waals surface area contributed by atoms with Gasteiger partial charge in [0.05, 0.1) is 7.11 Å². The van der Waals surface area contributed by atoms with Crippen molar-refractivity contribution in [2.75, 3.05) is 13.7 Å². The number of benzene rings is 1. The van der Waals surface area contributed by atoms with E-state index in [2.05, 4.69) is 4.72 Å². The smallest absolute Gasteiger partial charge is 0.244 e.